The van der Waals surface area contributed by atoms with Crippen LogP contribution in [0.3, 0.4) is 0 Å². The van der Waals surface area contributed by atoms with E-state index in [0.717, 1.165) is 5.56 Å². The average Bonchev–Trinajstić information content (AvgIpc) is 2.85. The quantitative estimate of drug-likeness (QED) is 0.344. The second-order valence-electron chi connectivity index (χ2n) is 7.18. The van der Waals surface area contributed by atoms with Crippen LogP contribution in [-0.2, 0) is 16.0 Å². The number of rotatable bonds is 13. The molecule has 0 fully saturated rings. The summed E-state index contributed by atoms with van der Waals surface area (Å²) >= 11 is 0. The van der Waals surface area contributed by atoms with E-state index in [-0.39, 0.29) is 12.4 Å². The topological polar surface area (TPSA) is 102 Å². The first kappa shape index (κ1) is 26.7. The lowest BCUT2D eigenvalue weighted by Gasteiger charge is -2.27. The first-order valence-electron chi connectivity index (χ1n) is 10.5. The number of esters is 1. The molecule has 34 heavy (non-hydrogen) atoms. The first-order valence-corrected chi connectivity index (χ1v) is 10.5. The fourth-order valence-corrected chi connectivity index (χ4v) is 3.36. The molecule has 9 nitrogen and oxygen atoms in total. The van der Waals surface area contributed by atoms with E-state index < -0.39 is 18.2 Å². The fraction of sp³-hybridized carbons (Fsp3) is 0.400. The van der Waals surface area contributed by atoms with Crippen molar-refractivity contribution < 1.29 is 43.1 Å². The van der Waals surface area contributed by atoms with E-state index in [1.165, 1.54) is 42.5 Å². The lowest BCUT2D eigenvalue weighted by Crippen LogP contribution is -2.31. The van der Waals surface area contributed by atoms with Crippen molar-refractivity contribution in [2.24, 2.45) is 0 Å². The van der Waals surface area contributed by atoms with Gasteiger partial charge in [0.15, 0.2) is 29.1 Å². The predicted octanol–water partition coefficient (Wildman–Crippen LogP) is 3.50. The molecule has 1 N–H and O–H groups in total. The van der Waals surface area contributed by atoms with Gasteiger partial charge in [0.1, 0.15) is 12.7 Å². The second kappa shape index (κ2) is 12.6. The fourth-order valence-electron chi connectivity index (χ4n) is 3.36. The molecule has 0 aliphatic heterocycles. The van der Waals surface area contributed by atoms with E-state index in [1.807, 2.05) is 0 Å². The Balaban J connectivity index is 2.53. The van der Waals surface area contributed by atoms with Crippen LogP contribution in [0.1, 0.15) is 24.2 Å². The molecule has 0 aliphatic carbocycles. The highest BCUT2D eigenvalue weighted by molar-refractivity contribution is 5.66. The Morgan fingerprint density at radius 1 is 0.882 bits per heavy atom. The molecule has 0 aromatic heterocycles. The Labute approximate surface area is 199 Å². The molecule has 2 rings (SSSR count). The zero-order valence-electron chi connectivity index (χ0n) is 20.4. The summed E-state index contributed by atoms with van der Waals surface area (Å²) in [5, 5.41) is 11.3. The number of methoxy groups -OCH3 is 5. The van der Waals surface area contributed by atoms with Crippen molar-refractivity contribution in [2.45, 2.75) is 25.6 Å². The van der Waals surface area contributed by atoms with Gasteiger partial charge in [-0.15, -0.1) is 6.58 Å². The van der Waals surface area contributed by atoms with Gasteiger partial charge < -0.3 is 38.3 Å². The zero-order valence-corrected chi connectivity index (χ0v) is 20.4. The summed E-state index contributed by atoms with van der Waals surface area (Å²) in [7, 11) is 7.42. The van der Waals surface area contributed by atoms with Gasteiger partial charge in [-0.1, -0.05) is 6.08 Å². The summed E-state index contributed by atoms with van der Waals surface area (Å²) < 4.78 is 38.5. The highest BCUT2D eigenvalue weighted by Crippen LogP contribution is 2.43. The molecular formula is C25H32O9. The molecule has 0 bridgehead atoms. The standard InChI is InChI=1S/C25H32O9/c1-8-9-16-10-18(28-3)25(19(11-16)29-4)34-22(14-33-15(2)26)23(27)17-12-20(30-5)24(32-7)21(13-17)31-6/h8,10-13,22-23,27H,1,9,14H2,2-7H3/t22-,23-/m1/s1. The maximum atomic E-state index is 11.5. The van der Waals surface area contributed by atoms with E-state index in [1.54, 1.807) is 30.3 Å². The summed E-state index contributed by atoms with van der Waals surface area (Å²) in [5.74, 6) is 1.59. The molecule has 0 saturated carbocycles. The molecule has 0 radical (unpaired) electrons. The van der Waals surface area contributed by atoms with Crippen molar-refractivity contribution in [3.63, 3.8) is 0 Å². The Hall–Kier alpha value is -3.59. The van der Waals surface area contributed by atoms with Crippen molar-refractivity contribution in [3.8, 4) is 34.5 Å². The maximum absolute atomic E-state index is 11.5. The van der Waals surface area contributed by atoms with Gasteiger partial charge in [-0.2, -0.15) is 0 Å². The van der Waals surface area contributed by atoms with Gasteiger partial charge in [-0.05, 0) is 41.8 Å². The molecule has 0 unspecified atom stereocenters. The maximum Gasteiger partial charge on any atom is 0.302 e. The third-order valence-electron chi connectivity index (χ3n) is 5.00. The van der Waals surface area contributed by atoms with E-state index in [2.05, 4.69) is 6.58 Å². The normalized spacial score (nSPS) is 12.2. The lowest BCUT2D eigenvalue weighted by molar-refractivity contribution is -0.145. The Kier molecular flexibility index (Phi) is 9.88. The zero-order chi connectivity index (χ0) is 25.3. The number of benzene rings is 2. The number of ether oxygens (including phenoxy) is 7. The van der Waals surface area contributed by atoms with Crippen molar-refractivity contribution in [1.82, 2.24) is 0 Å². The number of hydrogen-bond acceptors (Lipinski definition) is 9. The first-order chi connectivity index (χ1) is 16.3. The molecule has 0 amide bonds. The Morgan fingerprint density at radius 3 is 1.79 bits per heavy atom. The largest absolute Gasteiger partial charge is 0.493 e. The molecule has 186 valence electrons. The van der Waals surface area contributed by atoms with Crippen LogP contribution in [0.25, 0.3) is 0 Å². The molecule has 0 spiro atoms. The molecule has 0 aliphatic rings. The van der Waals surface area contributed by atoms with Gasteiger partial charge in [0.2, 0.25) is 11.5 Å². The van der Waals surface area contributed by atoms with Crippen LogP contribution in [0.5, 0.6) is 34.5 Å². The smallest absolute Gasteiger partial charge is 0.302 e. The highest BCUT2D eigenvalue weighted by atomic mass is 16.6. The van der Waals surface area contributed by atoms with E-state index >= 15 is 0 Å². The predicted molar refractivity (Wildman–Crippen MR) is 126 cm³/mol. The van der Waals surface area contributed by atoms with E-state index in [4.69, 9.17) is 33.2 Å². The van der Waals surface area contributed by atoms with Gasteiger partial charge >= 0.3 is 5.97 Å². The van der Waals surface area contributed by atoms with Crippen molar-refractivity contribution in [1.29, 1.82) is 0 Å². The number of aliphatic hydroxyl groups is 1. The minimum absolute atomic E-state index is 0.242. The van der Waals surface area contributed by atoms with Crippen LogP contribution in [0, 0.1) is 0 Å². The third-order valence-corrected chi connectivity index (χ3v) is 5.00. The summed E-state index contributed by atoms with van der Waals surface area (Å²) in [4.78, 5) is 11.5. The van der Waals surface area contributed by atoms with Crippen LogP contribution in [0.15, 0.2) is 36.9 Å². The minimum Gasteiger partial charge on any atom is -0.493 e. The summed E-state index contributed by atoms with van der Waals surface area (Å²) in [6, 6.07) is 6.76. The van der Waals surface area contributed by atoms with E-state index in [0.29, 0.717) is 40.7 Å². The number of carbonyl (C=O) groups is 1. The number of aliphatic hydroxyl groups excluding tert-OH is 1. The summed E-state index contributed by atoms with van der Waals surface area (Å²) in [5.41, 5.74) is 1.30. The van der Waals surface area contributed by atoms with Gasteiger partial charge in [-0.25, -0.2) is 0 Å². The molecule has 2 atom stereocenters. The van der Waals surface area contributed by atoms with Gasteiger partial charge in [0.05, 0.1) is 35.5 Å². The SMILES string of the molecule is C=CCc1cc(OC)c(O[C@H](COC(C)=O)[C@H](O)c2cc(OC)c(OC)c(OC)c2)c(OC)c1. The van der Waals surface area contributed by atoms with Gasteiger partial charge in [0.25, 0.3) is 0 Å². The average molecular weight is 477 g/mol. The summed E-state index contributed by atoms with van der Waals surface area (Å²) in [6.45, 7) is 4.78. The highest BCUT2D eigenvalue weighted by Gasteiger charge is 2.29. The van der Waals surface area contributed by atoms with Crippen molar-refractivity contribution >= 4 is 5.97 Å². The van der Waals surface area contributed by atoms with E-state index in [9.17, 15) is 9.90 Å². The van der Waals surface area contributed by atoms with Crippen LogP contribution >= 0.6 is 0 Å². The molecule has 2 aromatic rings. The molecule has 2 aromatic carbocycles. The van der Waals surface area contributed by atoms with Crippen molar-refractivity contribution in [2.75, 3.05) is 42.2 Å². The van der Waals surface area contributed by atoms with Gasteiger partial charge in [-0.3, -0.25) is 4.79 Å². The third kappa shape index (κ3) is 6.26. The summed E-state index contributed by atoms with van der Waals surface area (Å²) in [6.07, 6.45) is 0.0692. The monoisotopic (exact) mass is 476 g/mol. The molecule has 9 heteroatoms. The lowest BCUT2D eigenvalue weighted by atomic mass is 10.0. The van der Waals surface area contributed by atoms with Gasteiger partial charge in [0, 0.05) is 6.92 Å². The molecule has 0 saturated heterocycles. The Morgan fingerprint density at radius 2 is 1.38 bits per heavy atom. The second-order valence-corrected chi connectivity index (χ2v) is 7.18. The van der Waals surface area contributed by atoms with Crippen LogP contribution in [0.4, 0.5) is 0 Å². The molecule has 0 heterocycles. The number of allylic oxidation sites excluding steroid dienone is 1. The van der Waals surface area contributed by atoms with Crippen LogP contribution in [-0.4, -0.2) is 59.3 Å². The number of hydrogen-bond donors (Lipinski definition) is 1. The van der Waals surface area contributed by atoms with Crippen LogP contribution < -0.4 is 28.4 Å². The van der Waals surface area contributed by atoms with Crippen molar-refractivity contribution in [3.05, 3.63) is 48.0 Å². The molecular weight excluding hydrogens is 444 g/mol. The number of carbonyl (C=O) groups excluding carboxylic acids is 1. The minimum atomic E-state index is -1.25. The van der Waals surface area contributed by atoms with Crippen LogP contribution in [0.2, 0.25) is 0 Å². The Bertz CT molecular complexity index is 936.